The van der Waals surface area contributed by atoms with Crippen LogP contribution in [0.4, 0.5) is 4.79 Å². The Bertz CT molecular complexity index is 921. The average Bonchev–Trinajstić information content (AvgIpc) is 2.69. The largest absolute Gasteiger partial charge is 0.444 e. The van der Waals surface area contributed by atoms with Crippen molar-refractivity contribution in [2.24, 2.45) is 5.73 Å². The van der Waals surface area contributed by atoms with E-state index >= 15 is 0 Å². The van der Waals surface area contributed by atoms with Crippen LogP contribution < -0.4 is 16.4 Å². The van der Waals surface area contributed by atoms with E-state index in [0.717, 1.165) is 5.56 Å². The van der Waals surface area contributed by atoms with Crippen LogP contribution in [-0.4, -0.2) is 51.9 Å². The summed E-state index contributed by atoms with van der Waals surface area (Å²) in [5, 5.41) is 5.41. The molecule has 0 spiro atoms. The zero-order chi connectivity index (χ0) is 27.1. The second-order valence-corrected chi connectivity index (χ2v) is 10.7. The first kappa shape index (κ1) is 29.9. The van der Waals surface area contributed by atoms with Crippen molar-refractivity contribution in [1.29, 1.82) is 0 Å². The van der Waals surface area contributed by atoms with Gasteiger partial charge >= 0.3 is 6.09 Å². The molecule has 0 saturated carbocycles. The molecule has 2 atom stereocenters. The van der Waals surface area contributed by atoms with Gasteiger partial charge < -0.3 is 26.0 Å². The Kier molecular flexibility index (Phi) is 10.3. The van der Waals surface area contributed by atoms with Gasteiger partial charge in [0.05, 0.1) is 6.42 Å². The van der Waals surface area contributed by atoms with E-state index in [0.29, 0.717) is 12.0 Å². The maximum absolute atomic E-state index is 14.1. The molecule has 9 heteroatoms. The smallest absolute Gasteiger partial charge is 0.408 e. The monoisotopic (exact) mass is 490 g/mol. The Morgan fingerprint density at radius 1 is 1.03 bits per heavy atom. The van der Waals surface area contributed by atoms with Gasteiger partial charge in [0.2, 0.25) is 17.7 Å². The number of primary amides is 1. The lowest BCUT2D eigenvalue weighted by Gasteiger charge is -2.45. The summed E-state index contributed by atoms with van der Waals surface area (Å²) in [6, 6.07) is 4.84. The maximum atomic E-state index is 14.1. The van der Waals surface area contributed by atoms with Crippen LogP contribution in [0, 0.1) is 6.92 Å². The first-order chi connectivity index (χ1) is 16.0. The molecule has 0 fully saturated rings. The number of nitrogens with two attached hydrogens (primary N) is 1. The second kappa shape index (κ2) is 12.0. The van der Waals surface area contributed by atoms with Crippen LogP contribution in [0.3, 0.4) is 0 Å². The number of carbonyl (C=O) groups is 4. The number of nitrogens with zero attached hydrogens (tertiary/aromatic N) is 1. The molecule has 9 nitrogen and oxygen atoms in total. The summed E-state index contributed by atoms with van der Waals surface area (Å²) in [7, 11) is 0. The van der Waals surface area contributed by atoms with Crippen molar-refractivity contribution in [3.8, 4) is 0 Å². The summed E-state index contributed by atoms with van der Waals surface area (Å²) in [5.74, 6) is -1.74. The number of rotatable bonds is 10. The molecule has 35 heavy (non-hydrogen) atoms. The fraction of sp³-hybridized carbons (Fsp3) is 0.615. The van der Waals surface area contributed by atoms with Crippen LogP contribution >= 0.6 is 0 Å². The van der Waals surface area contributed by atoms with Gasteiger partial charge in [0.1, 0.15) is 17.7 Å². The molecule has 4 N–H and O–H groups in total. The predicted molar refractivity (Wildman–Crippen MR) is 135 cm³/mol. The molecule has 1 aromatic rings. The Balaban J connectivity index is 3.66. The summed E-state index contributed by atoms with van der Waals surface area (Å²) < 4.78 is 5.30. The summed E-state index contributed by atoms with van der Waals surface area (Å²) in [4.78, 5) is 53.5. The molecule has 1 rings (SSSR count). The van der Waals surface area contributed by atoms with E-state index in [1.54, 1.807) is 32.9 Å². The third kappa shape index (κ3) is 8.88. The third-order valence-electron chi connectivity index (χ3n) is 5.57. The summed E-state index contributed by atoms with van der Waals surface area (Å²) >= 11 is 0. The molecule has 0 aromatic heterocycles. The fourth-order valence-electron chi connectivity index (χ4n) is 3.62. The molecule has 1 aromatic carbocycles. The summed E-state index contributed by atoms with van der Waals surface area (Å²) in [6.07, 6.45) is -0.794. The van der Waals surface area contributed by atoms with Gasteiger partial charge in [-0.25, -0.2) is 4.79 Å². The summed E-state index contributed by atoms with van der Waals surface area (Å²) in [6.45, 7) is 16.2. The number of alkyl carbamates (subject to hydrolysis) is 1. The lowest BCUT2D eigenvalue weighted by molar-refractivity contribution is -0.150. The highest BCUT2D eigenvalue weighted by Crippen LogP contribution is 2.34. The van der Waals surface area contributed by atoms with Gasteiger partial charge in [-0.3, -0.25) is 14.4 Å². The minimum Gasteiger partial charge on any atom is -0.444 e. The lowest BCUT2D eigenvalue weighted by Crippen LogP contribution is -2.60. The van der Waals surface area contributed by atoms with Crippen LogP contribution in [0.15, 0.2) is 24.3 Å². The number of hydrogen-bond acceptors (Lipinski definition) is 5. The zero-order valence-corrected chi connectivity index (χ0v) is 22.5. The number of carbonyl (C=O) groups excluding carboxylic acids is 4. The van der Waals surface area contributed by atoms with Crippen molar-refractivity contribution >= 4 is 23.8 Å². The van der Waals surface area contributed by atoms with Gasteiger partial charge in [-0.05, 0) is 72.9 Å². The van der Waals surface area contributed by atoms with E-state index in [-0.39, 0.29) is 11.9 Å². The standard InChI is InChI=1S/C26H42N4O5/c1-10-26(8,9)30(21(22(32)28-16(2)3)18-14-12-11-13-17(18)4)23(33)19(15-20(27)31)29-24(34)35-25(5,6)7/h11-14,16,19,21H,10,15H2,1-9H3,(H2,27,31)(H,28,32)(H,29,34). The Labute approximate surface area is 209 Å². The minimum atomic E-state index is -1.31. The van der Waals surface area contributed by atoms with Crippen molar-refractivity contribution in [1.82, 2.24) is 15.5 Å². The van der Waals surface area contributed by atoms with Gasteiger partial charge in [-0.15, -0.1) is 0 Å². The van der Waals surface area contributed by atoms with Gasteiger partial charge in [-0.2, -0.15) is 0 Å². The molecule has 0 radical (unpaired) electrons. The Morgan fingerprint density at radius 3 is 2.06 bits per heavy atom. The average molecular weight is 491 g/mol. The Hall–Kier alpha value is -3.10. The van der Waals surface area contributed by atoms with Gasteiger partial charge in [0.15, 0.2) is 0 Å². The van der Waals surface area contributed by atoms with E-state index in [1.165, 1.54) is 4.90 Å². The van der Waals surface area contributed by atoms with Crippen LogP contribution in [-0.2, 0) is 19.1 Å². The highest BCUT2D eigenvalue weighted by atomic mass is 16.6. The van der Waals surface area contributed by atoms with Crippen molar-refractivity contribution in [3.05, 3.63) is 35.4 Å². The topological polar surface area (TPSA) is 131 Å². The van der Waals surface area contributed by atoms with Crippen LogP contribution in [0.25, 0.3) is 0 Å². The first-order valence-corrected chi connectivity index (χ1v) is 12.0. The molecule has 2 unspecified atom stereocenters. The van der Waals surface area contributed by atoms with Crippen molar-refractivity contribution in [2.45, 2.75) is 104 Å². The second-order valence-electron chi connectivity index (χ2n) is 10.7. The van der Waals surface area contributed by atoms with Gasteiger partial charge in [0, 0.05) is 11.6 Å². The molecule has 4 amide bonds. The molecule has 0 heterocycles. The van der Waals surface area contributed by atoms with E-state index in [2.05, 4.69) is 10.6 Å². The zero-order valence-electron chi connectivity index (χ0n) is 22.5. The summed E-state index contributed by atoms with van der Waals surface area (Å²) in [5.41, 5.74) is 5.28. The normalized spacial score (nSPS) is 13.5. The van der Waals surface area contributed by atoms with Crippen molar-refractivity contribution < 1.29 is 23.9 Å². The van der Waals surface area contributed by atoms with Crippen molar-refractivity contribution in [3.63, 3.8) is 0 Å². The number of amides is 4. The third-order valence-corrected chi connectivity index (χ3v) is 5.57. The minimum absolute atomic E-state index is 0.169. The van der Waals surface area contributed by atoms with Crippen molar-refractivity contribution in [2.75, 3.05) is 0 Å². The molecule has 0 aliphatic heterocycles. The molecular weight excluding hydrogens is 448 g/mol. The number of ether oxygens (including phenoxy) is 1. The maximum Gasteiger partial charge on any atom is 0.408 e. The quantitative estimate of drug-likeness (QED) is 0.463. The molecule has 196 valence electrons. The van der Waals surface area contributed by atoms with Gasteiger partial charge in [0.25, 0.3) is 0 Å². The number of nitrogens with one attached hydrogen (secondary N) is 2. The molecule has 0 aliphatic rings. The first-order valence-electron chi connectivity index (χ1n) is 12.0. The Morgan fingerprint density at radius 2 is 1.60 bits per heavy atom. The van der Waals surface area contributed by atoms with Gasteiger partial charge in [-0.1, -0.05) is 31.2 Å². The fourth-order valence-corrected chi connectivity index (χ4v) is 3.62. The van der Waals surface area contributed by atoms with E-state index < -0.39 is 47.6 Å². The predicted octanol–water partition coefficient (Wildman–Crippen LogP) is 3.35. The molecular formula is C26H42N4O5. The van der Waals surface area contributed by atoms with Crippen LogP contribution in [0.5, 0.6) is 0 Å². The van der Waals surface area contributed by atoms with Crippen LogP contribution in [0.2, 0.25) is 0 Å². The van der Waals surface area contributed by atoms with E-state index in [1.807, 2.05) is 53.7 Å². The number of aryl methyl sites for hydroxylation is 1. The lowest BCUT2D eigenvalue weighted by atomic mass is 9.90. The highest BCUT2D eigenvalue weighted by Gasteiger charge is 2.44. The highest BCUT2D eigenvalue weighted by molar-refractivity contribution is 5.95. The van der Waals surface area contributed by atoms with Crippen LogP contribution in [0.1, 0.15) is 85.4 Å². The number of hydrogen-bond donors (Lipinski definition) is 3. The van der Waals surface area contributed by atoms with E-state index in [9.17, 15) is 19.2 Å². The molecule has 0 aliphatic carbocycles. The molecule has 0 bridgehead atoms. The number of benzene rings is 1. The SMILES string of the molecule is CCC(C)(C)N(C(=O)C(CC(N)=O)NC(=O)OC(C)(C)C)C(C(=O)NC(C)C)c1ccccc1C. The van der Waals surface area contributed by atoms with E-state index in [4.69, 9.17) is 10.5 Å². The molecule has 0 saturated heterocycles.